The van der Waals surface area contributed by atoms with Gasteiger partial charge < -0.3 is 24.1 Å². The second kappa shape index (κ2) is 12.0. The van der Waals surface area contributed by atoms with Gasteiger partial charge in [0.05, 0.1) is 19.8 Å². The van der Waals surface area contributed by atoms with Crippen molar-refractivity contribution in [3.8, 4) is 23.3 Å². The fraction of sp³-hybridized carbons (Fsp3) is 0.240. The standard InChI is InChI=1S/C25H25N3O5/c1-3-30-23-16-19(15-20(17-26)25(29)27-24-14-18(2)33-28-24)10-11-22(23)32-13-7-12-31-21-8-5-4-6-9-21/h4-6,8-11,14-16H,3,7,12-13H2,1-2H3,(H,27,28,29). The summed E-state index contributed by atoms with van der Waals surface area (Å²) < 4.78 is 22.1. The van der Waals surface area contributed by atoms with Crippen molar-refractivity contribution in [3.05, 3.63) is 71.5 Å². The first-order chi connectivity index (χ1) is 16.1. The van der Waals surface area contributed by atoms with Gasteiger partial charge in [0.25, 0.3) is 5.91 Å². The highest BCUT2D eigenvalue weighted by Gasteiger charge is 2.13. The summed E-state index contributed by atoms with van der Waals surface area (Å²) in [6, 6.07) is 18.3. The quantitative estimate of drug-likeness (QED) is 0.256. The second-order valence-electron chi connectivity index (χ2n) is 6.95. The minimum Gasteiger partial charge on any atom is -0.493 e. The van der Waals surface area contributed by atoms with E-state index in [4.69, 9.17) is 18.7 Å². The molecule has 3 rings (SSSR count). The number of amides is 1. The number of nitrogens with one attached hydrogen (secondary N) is 1. The van der Waals surface area contributed by atoms with Gasteiger partial charge in [-0.1, -0.05) is 29.4 Å². The molecular weight excluding hydrogens is 422 g/mol. The normalized spacial score (nSPS) is 10.9. The van der Waals surface area contributed by atoms with Crippen LogP contribution in [0.15, 0.2) is 64.7 Å². The van der Waals surface area contributed by atoms with Gasteiger partial charge in [0.2, 0.25) is 0 Å². The molecule has 0 radical (unpaired) electrons. The number of carbonyl (C=O) groups excluding carboxylic acids is 1. The Morgan fingerprint density at radius 3 is 2.58 bits per heavy atom. The fourth-order valence-corrected chi connectivity index (χ4v) is 2.87. The summed E-state index contributed by atoms with van der Waals surface area (Å²) in [6.45, 7) is 5.00. The Balaban J connectivity index is 1.61. The molecule has 0 aliphatic rings. The number of nitriles is 1. The summed E-state index contributed by atoms with van der Waals surface area (Å²) >= 11 is 0. The van der Waals surface area contributed by atoms with Crippen molar-refractivity contribution in [1.29, 1.82) is 5.26 Å². The van der Waals surface area contributed by atoms with Crippen LogP contribution in [-0.2, 0) is 4.79 Å². The molecule has 0 unspecified atom stereocenters. The molecule has 0 atom stereocenters. The second-order valence-corrected chi connectivity index (χ2v) is 6.95. The lowest BCUT2D eigenvalue weighted by molar-refractivity contribution is -0.112. The number of carbonyl (C=O) groups is 1. The first-order valence-corrected chi connectivity index (χ1v) is 10.5. The number of aromatic nitrogens is 1. The van der Waals surface area contributed by atoms with E-state index in [1.54, 1.807) is 31.2 Å². The van der Waals surface area contributed by atoms with Crippen LogP contribution in [-0.4, -0.2) is 30.9 Å². The third-order valence-corrected chi connectivity index (χ3v) is 4.37. The Bertz CT molecular complexity index is 1130. The molecule has 2 aromatic carbocycles. The number of benzene rings is 2. The van der Waals surface area contributed by atoms with Crippen molar-refractivity contribution >= 4 is 17.8 Å². The highest BCUT2D eigenvalue weighted by Crippen LogP contribution is 2.29. The largest absolute Gasteiger partial charge is 0.493 e. The molecule has 3 aromatic rings. The van der Waals surface area contributed by atoms with Gasteiger partial charge in [-0.3, -0.25) is 4.79 Å². The summed E-state index contributed by atoms with van der Waals surface area (Å²) in [4.78, 5) is 12.4. The lowest BCUT2D eigenvalue weighted by Gasteiger charge is -2.13. The lowest BCUT2D eigenvalue weighted by atomic mass is 10.1. The minimum absolute atomic E-state index is 0.0789. The summed E-state index contributed by atoms with van der Waals surface area (Å²) in [5.41, 5.74) is 0.547. The van der Waals surface area contributed by atoms with E-state index in [1.807, 2.05) is 43.3 Å². The van der Waals surface area contributed by atoms with Crippen molar-refractivity contribution < 1.29 is 23.5 Å². The SMILES string of the molecule is CCOc1cc(C=C(C#N)C(=O)Nc2cc(C)on2)ccc1OCCCOc1ccccc1. The van der Waals surface area contributed by atoms with Crippen LogP contribution in [0.4, 0.5) is 5.82 Å². The van der Waals surface area contributed by atoms with Crippen molar-refractivity contribution in [2.24, 2.45) is 0 Å². The first-order valence-electron chi connectivity index (χ1n) is 10.5. The Labute approximate surface area is 192 Å². The summed E-state index contributed by atoms with van der Waals surface area (Å²) in [7, 11) is 0. The van der Waals surface area contributed by atoms with E-state index in [-0.39, 0.29) is 11.4 Å². The zero-order chi connectivity index (χ0) is 23.5. The number of ether oxygens (including phenoxy) is 3. The van der Waals surface area contributed by atoms with Crippen LogP contribution in [0.5, 0.6) is 17.2 Å². The lowest BCUT2D eigenvalue weighted by Crippen LogP contribution is -2.13. The number of anilines is 1. The molecule has 33 heavy (non-hydrogen) atoms. The average Bonchev–Trinajstić information content (AvgIpc) is 3.23. The molecular formula is C25H25N3O5. The smallest absolute Gasteiger partial charge is 0.267 e. The zero-order valence-electron chi connectivity index (χ0n) is 18.5. The van der Waals surface area contributed by atoms with Crippen LogP contribution in [0, 0.1) is 18.3 Å². The van der Waals surface area contributed by atoms with Gasteiger partial charge in [-0.2, -0.15) is 5.26 Å². The molecule has 1 N–H and O–H groups in total. The van der Waals surface area contributed by atoms with E-state index < -0.39 is 5.91 Å². The molecule has 0 saturated heterocycles. The average molecular weight is 447 g/mol. The molecule has 8 heteroatoms. The van der Waals surface area contributed by atoms with Crippen LogP contribution < -0.4 is 19.5 Å². The third kappa shape index (κ3) is 7.14. The molecule has 0 spiro atoms. The number of aryl methyl sites for hydroxylation is 1. The molecule has 1 amide bonds. The van der Waals surface area contributed by atoms with E-state index in [1.165, 1.54) is 6.08 Å². The minimum atomic E-state index is -0.581. The Morgan fingerprint density at radius 2 is 1.88 bits per heavy atom. The molecule has 170 valence electrons. The molecule has 0 aliphatic heterocycles. The van der Waals surface area contributed by atoms with Crippen LogP contribution in [0.2, 0.25) is 0 Å². The molecule has 0 fully saturated rings. The maximum atomic E-state index is 12.4. The topological polar surface area (TPSA) is 107 Å². The summed E-state index contributed by atoms with van der Waals surface area (Å²) in [6.07, 6.45) is 2.17. The molecule has 1 aromatic heterocycles. The maximum absolute atomic E-state index is 12.4. The summed E-state index contributed by atoms with van der Waals surface area (Å²) in [5, 5.41) is 15.7. The third-order valence-electron chi connectivity index (χ3n) is 4.37. The van der Waals surface area contributed by atoms with Crippen LogP contribution in [0.3, 0.4) is 0 Å². The summed E-state index contributed by atoms with van der Waals surface area (Å²) in [5.74, 6) is 2.14. The molecule has 0 saturated carbocycles. The van der Waals surface area contributed by atoms with Gasteiger partial charge in [0.15, 0.2) is 17.3 Å². The highest BCUT2D eigenvalue weighted by atomic mass is 16.5. The molecule has 0 aliphatic carbocycles. The molecule has 8 nitrogen and oxygen atoms in total. The van der Waals surface area contributed by atoms with Crippen molar-refractivity contribution in [3.63, 3.8) is 0 Å². The van der Waals surface area contributed by atoms with E-state index in [0.29, 0.717) is 49.1 Å². The monoisotopic (exact) mass is 447 g/mol. The van der Waals surface area contributed by atoms with E-state index in [2.05, 4.69) is 10.5 Å². The van der Waals surface area contributed by atoms with Crippen molar-refractivity contribution in [2.75, 3.05) is 25.1 Å². The van der Waals surface area contributed by atoms with Crippen LogP contribution in [0.25, 0.3) is 6.08 Å². The van der Waals surface area contributed by atoms with Crippen LogP contribution >= 0.6 is 0 Å². The van der Waals surface area contributed by atoms with Gasteiger partial charge in [0.1, 0.15) is 23.2 Å². The van der Waals surface area contributed by atoms with Gasteiger partial charge >= 0.3 is 0 Å². The number of hydrogen-bond donors (Lipinski definition) is 1. The van der Waals surface area contributed by atoms with Gasteiger partial charge in [-0.05, 0) is 49.8 Å². The van der Waals surface area contributed by atoms with E-state index in [0.717, 1.165) is 5.75 Å². The predicted molar refractivity (Wildman–Crippen MR) is 123 cm³/mol. The van der Waals surface area contributed by atoms with Gasteiger partial charge in [-0.25, -0.2) is 0 Å². The van der Waals surface area contributed by atoms with Crippen molar-refractivity contribution in [1.82, 2.24) is 5.16 Å². The maximum Gasteiger partial charge on any atom is 0.267 e. The Kier molecular flexibility index (Phi) is 8.48. The Morgan fingerprint density at radius 1 is 1.09 bits per heavy atom. The number of rotatable bonds is 11. The van der Waals surface area contributed by atoms with E-state index in [9.17, 15) is 10.1 Å². The van der Waals surface area contributed by atoms with Crippen LogP contribution in [0.1, 0.15) is 24.7 Å². The van der Waals surface area contributed by atoms with Crippen molar-refractivity contribution in [2.45, 2.75) is 20.3 Å². The predicted octanol–water partition coefficient (Wildman–Crippen LogP) is 4.78. The Hall–Kier alpha value is -4.25. The zero-order valence-corrected chi connectivity index (χ0v) is 18.5. The van der Waals surface area contributed by atoms with Gasteiger partial charge in [0, 0.05) is 12.5 Å². The number of para-hydroxylation sites is 1. The van der Waals surface area contributed by atoms with Gasteiger partial charge in [-0.15, -0.1) is 0 Å². The number of hydrogen-bond acceptors (Lipinski definition) is 7. The highest BCUT2D eigenvalue weighted by molar-refractivity contribution is 6.09. The first kappa shape index (κ1) is 23.4. The molecule has 1 heterocycles. The van der Waals surface area contributed by atoms with E-state index >= 15 is 0 Å². The fourth-order valence-electron chi connectivity index (χ4n) is 2.87. The molecule has 0 bridgehead atoms. The number of nitrogens with zero attached hydrogens (tertiary/aromatic N) is 2.